The lowest BCUT2D eigenvalue weighted by Crippen LogP contribution is -2.47. The van der Waals surface area contributed by atoms with Crippen molar-refractivity contribution in [2.24, 2.45) is 0 Å². The number of pyridine rings is 1. The molecule has 0 amide bonds. The Morgan fingerprint density at radius 1 is 1.20 bits per heavy atom. The van der Waals surface area contributed by atoms with Gasteiger partial charge in [-0.05, 0) is 73.5 Å². The van der Waals surface area contributed by atoms with Crippen molar-refractivity contribution in [1.29, 1.82) is 0 Å². The molecule has 0 unspecified atom stereocenters. The molecule has 6 heteroatoms. The molecule has 162 valence electrons. The van der Waals surface area contributed by atoms with Crippen LogP contribution in [0.25, 0.3) is 10.9 Å². The van der Waals surface area contributed by atoms with Crippen molar-refractivity contribution in [3.8, 4) is 0 Å². The number of nitrogens with zero attached hydrogens (tertiary/aromatic N) is 1. The van der Waals surface area contributed by atoms with E-state index in [-0.39, 0.29) is 11.7 Å². The second-order valence-electron chi connectivity index (χ2n) is 8.70. The minimum absolute atomic E-state index is 0.0374. The maximum absolute atomic E-state index is 12.8. The third-order valence-corrected chi connectivity index (χ3v) is 6.80. The van der Waals surface area contributed by atoms with Crippen LogP contribution < -0.4 is 10.9 Å². The highest BCUT2D eigenvalue weighted by Gasteiger charge is 2.24. The van der Waals surface area contributed by atoms with Crippen LogP contribution in [0.1, 0.15) is 63.0 Å². The van der Waals surface area contributed by atoms with Gasteiger partial charge in [0.2, 0.25) is 0 Å². The summed E-state index contributed by atoms with van der Waals surface area (Å²) in [6.07, 6.45) is 9.48. The van der Waals surface area contributed by atoms with Gasteiger partial charge in [-0.1, -0.05) is 32.3 Å². The molecule has 2 fully saturated rings. The molecule has 1 aliphatic heterocycles. The van der Waals surface area contributed by atoms with Gasteiger partial charge in [0, 0.05) is 30.3 Å². The highest BCUT2D eigenvalue weighted by molar-refractivity contribution is 7.80. The molecule has 1 aliphatic carbocycles. The molecule has 5 nitrogen and oxygen atoms in total. The average molecular weight is 428 g/mol. The molecule has 0 radical (unpaired) electrons. The number of hydrogen-bond acceptors (Lipinski definition) is 3. The second kappa shape index (κ2) is 9.92. The van der Waals surface area contributed by atoms with Gasteiger partial charge in [-0.3, -0.25) is 4.79 Å². The lowest BCUT2D eigenvalue weighted by Gasteiger charge is -2.32. The van der Waals surface area contributed by atoms with Crippen LogP contribution in [0, 0.1) is 0 Å². The number of thiocarbonyl (C=S) groups is 1. The minimum Gasteiger partial charge on any atom is -0.376 e. The molecule has 2 aromatic rings. The molecule has 30 heavy (non-hydrogen) atoms. The molecule has 4 rings (SSSR count). The van der Waals surface area contributed by atoms with Gasteiger partial charge in [-0.25, -0.2) is 0 Å². The average Bonchev–Trinajstić information content (AvgIpc) is 3.27. The number of aryl methyl sites for hydroxylation is 1. The van der Waals surface area contributed by atoms with E-state index in [0.717, 1.165) is 54.0 Å². The van der Waals surface area contributed by atoms with Gasteiger partial charge in [-0.15, -0.1) is 0 Å². The number of benzene rings is 1. The van der Waals surface area contributed by atoms with E-state index in [0.29, 0.717) is 12.6 Å². The Balaban J connectivity index is 1.55. The Bertz CT molecular complexity index is 930. The summed E-state index contributed by atoms with van der Waals surface area (Å²) >= 11 is 5.82. The fourth-order valence-corrected chi connectivity index (χ4v) is 4.92. The van der Waals surface area contributed by atoms with Crippen LogP contribution in [0.5, 0.6) is 0 Å². The summed E-state index contributed by atoms with van der Waals surface area (Å²) < 4.78 is 5.88. The van der Waals surface area contributed by atoms with E-state index < -0.39 is 0 Å². The van der Waals surface area contributed by atoms with Gasteiger partial charge in [0.25, 0.3) is 5.56 Å². The molecule has 1 atom stereocenters. The first-order valence-electron chi connectivity index (χ1n) is 11.4. The Hall–Kier alpha value is -1.92. The van der Waals surface area contributed by atoms with Crippen LogP contribution in [-0.4, -0.2) is 40.3 Å². The molecule has 0 bridgehead atoms. The predicted molar refractivity (Wildman–Crippen MR) is 126 cm³/mol. The number of nitrogens with one attached hydrogen (secondary N) is 2. The van der Waals surface area contributed by atoms with Crippen LogP contribution in [0.15, 0.2) is 29.1 Å². The van der Waals surface area contributed by atoms with E-state index in [1.54, 1.807) is 0 Å². The fraction of sp³-hybridized carbons (Fsp3) is 0.583. The molecule has 1 saturated carbocycles. The van der Waals surface area contributed by atoms with E-state index in [1.807, 2.05) is 12.1 Å². The van der Waals surface area contributed by atoms with Gasteiger partial charge in [0.05, 0.1) is 12.6 Å². The van der Waals surface area contributed by atoms with E-state index >= 15 is 0 Å². The summed E-state index contributed by atoms with van der Waals surface area (Å²) in [5.41, 5.74) is 2.87. The largest absolute Gasteiger partial charge is 0.376 e. The Kier molecular flexibility index (Phi) is 7.05. The first-order valence-corrected chi connectivity index (χ1v) is 11.8. The second-order valence-corrected chi connectivity index (χ2v) is 9.09. The van der Waals surface area contributed by atoms with Crippen molar-refractivity contribution >= 4 is 28.2 Å². The molecule has 1 saturated heterocycles. The van der Waals surface area contributed by atoms with Gasteiger partial charge in [0.15, 0.2) is 5.11 Å². The van der Waals surface area contributed by atoms with Crippen molar-refractivity contribution < 1.29 is 4.74 Å². The number of H-pyrrole nitrogens is 1. The summed E-state index contributed by atoms with van der Waals surface area (Å²) in [4.78, 5) is 18.0. The number of fused-ring (bicyclic) bond motifs is 1. The van der Waals surface area contributed by atoms with Crippen LogP contribution in [0.2, 0.25) is 0 Å². The third kappa shape index (κ3) is 5.22. The first kappa shape index (κ1) is 21.3. The Labute approximate surface area is 184 Å². The SMILES string of the molecule is CCc1ccc2[nH]c(=O)c(CN(C[C@@H]3CCCO3)C(=S)NC3CCCCC3)cc2c1. The maximum atomic E-state index is 12.8. The highest BCUT2D eigenvalue weighted by atomic mass is 32.1. The maximum Gasteiger partial charge on any atom is 0.253 e. The number of hydrogen-bond donors (Lipinski definition) is 2. The van der Waals surface area contributed by atoms with Crippen LogP contribution in [-0.2, 0) is 17.7 Å². The summed E-state index contributed by atoms with van der Waals surface area (Å²) in [5.74, 6) is 0. The Morgan fingerprint density at radius 3 is 2.77 bits per heavy atom. The lowest BCUT2D eigenvalue weighted by molar-refractivity contribution is 0.0894. The van der Waals surface area contributed by atoms with E-state index in [4.69, 9.17) is 17.0 Å². The van der Waals surface area contributed by atoms with Gasteiger partial charge in [0.1, 0.15) is 0 Å². The number of ether oxygens (including phenoxy) is 1. The third-order valence-electron chi connectivity index (χ3n) is 6.42. The number of aromatic amines is 1. The highest BCUT2D eigenvalue weighted by Crippen LogP contribution is 2.20. The quantitative estimate of drug-likeness (QED) is 0.674. The van der Waals surface area contributed by atoms with E-state index in [2.05, 4.69) is 34.3 Å². The van der Waals surface area contributed by atoms with Gasteiger partial charge >= 0.3 is 0 Å². The summed E-state index contributed by atoms with van der Waals surface area (Å²) in [6.45, 7) is 4.19. The zero-order valence-corrected chi connectivity index (χ0v) is 18.7. The normalized spacial score (nSPS) is 19.8. The molecule has 2 aliphatic rings. The monoisotopic (exact) mass is 427 g/mol. The van der Waals surface area contributed by atoms with Gasteiger partial charge < -0.3 is 19.9 Å². The van der Waals surface area contributed by atoms with Crippen LogP contribution in [0.3, 0.4) is 0 Å². The lowest BCUT2D eigenvalue weighted by atomic mass is 9.96. The van der Waals surface area contributed by atoms with Crippen molar-refractivity contribution in [1.82, 2.24) is 15.2 Å². The van der Waals surface area contributed by atoms with Crippen molar-refractivity contribution in [3.63, 3.8) is 0 Å². The number of rotatable bonds is 6. The molecule has 2 N–H and O–H groups in total. The molecular weight excluding hydrogens is 394 g/mol. The smallest absolute Gasteiger partial charge is 0.253 e. The van der Waals surface area contributed by atoms with E-state index in [1.165, 1.54) is 37.7 Å². The molecule has 1 aromatic carbocycles. The fourth-order valence-electron chi connectivity index (χ4n) is 4.61. The first-order chi connectivity index (χ1) is 14.6. The zero-order valence-electron chi connectivity index (χ0n) is 17.9. The summed E-state index contributed by atoms with van der Waals surface area (Å²) in [6, 6.07) is 8.71. The number of aromatic nitrogens is 1. The Morgan fingerprint density at radius 2 is 2.03 bits per heavy atom. The minimum atomic E-state index is -0.0374. The molecule has 1 aromatic heterocycles. The standard InChI is InChI=1S/C24H33N3O2S/c1-2-17-10-11-22-18(13-17)14-19(23(28)26-22)15-27(16-21-9-6-12-29-21)24(30)25-20-7-4-3-5-8-20/h10-11,13-14,20-21H,2-9,12,15-16H2,1H3,(H,25,30)(H,26,28)/t21-/m0/s1. The van der Waals surface area contributed by atoms with Crippen molar-refractivity contribution in [2.75, 3.05) is 13.2 Å². The van der Waals surface area contributed by atoms with Crippen LogP contribution in [0.4, 0.5) is 0 Å². The molecule has 0 spiro atoms. The van der Waals surface area contributed by atoms with Crippen LogP contribution >= 0.6 is 12.2 Å². The zero-order chi connectivity index (χ0) is 20.9. The van der Waals surface area contributed by atoms with E-state index in [9.17, 15) is 4.79 Å². The molecular formula is C24H33N3O2S. The van der Waals surface area contributed by atoms with Gasteiger partial charge in [-0.2, -0.15) is 0 Å². The summed E-state index contributed by atoms with van der Waals surface area (Å²) in [7, 11) is 0. The molecule has 2 heterocycles. The topological polar surface area (TPSA) is 57.4 Å². The summed E-state index contributed by atoms with van der Waals surface area (Å²) in [5, 5.41) is 5.40. The van der Waals surface area contributed by atoms with Crippen molar-refractivity contribution in [2.45, 2.75) is 77.0 Å². The van der Waals surface area contributed by atoms with Crippen molar-refractivity contribution in [3.05, 3.63) is 45.7 Å². The predicted octanol–water partition coefficient (Wildman–Crippen LogP) is 4.28.